The third kappa shape index (κ3) is 4.12. The highest BCUT2D eigenvalue weighted by Crippen LogP contribution is 2.19. The van der Waals surface area contributed by atoms with Gasteiger partial charge in [-0.1, -0.05) is 15.9 Å². The summed E-state index contributed by atoms with van der Waals surface area (Å²) in [7, 11) is 0. The van der Waals surface area contributed by atoms with Crippen LogP contribution in [-0.4, -0.2) is 25.5 Å². The smallest absolute Gasteiger partial charge is 0.257 e. The number of nitrogens with one attached hydrogen (secondary N) is 2. The van der Waals surface area contributed by atoms with Gasteiger partial charge in [-0.3, -0.25) is 4.79 Å². The van der Waals surface area contributed by atoms with E-state index in [2.05, 4.69) is 26.6 Å². The molecule has 2 N–H and O–H groups in total. The van der Waals surface area contributed by atoms with Crippen molar-refractivity contribution >= 4 is 34.2 Å². The fraction of sp³-hybridized carbons (Fsp3) is 0.417. The molecule has 3 nitrogen and oxygen atoms in total. The van der Waals surface area contributed by atoms with E-state index in [0.717, 1.165) is 31.6 Å². The number of rotatable bonds is 3. The van der Waals surface area contributed by atoms with Gasteiger partial charge < -0.3 is 10.6 Å². The molecule has 0 aliphatic carbocycles. The molecule has 2 rings (SSSR count). The van der Waals surface area contributed by atoms with Crippen LogP contribution in [0.2, 0.25) is 0 Å². The zero-order valence-electron chi connectivity index (χ0n) is 10.0. The van der Waals surface area contributed by atoms with Crippen molar-refractivity contribution in [2.24, 2.45) is 5.92 Å². The molecule has 0 aromatic heterocycles. The highest BCUT2D eigenvalue weighted by Gasteiger charge is 2.20. The third-order valence-corrected chi connectivity index (χ3v) is 3.41. The number of hydrogen-bond acceptors (Lipinski definition) is 2. The van der Waals surface area contributed by atoms with Crippen LogP contribution in [0, 0.1) is 17.6 Å². The van der Waals surface area contributed by atoms with Crippen molar-refractivity contribution in [3.63, 3.8) is 0 Å². The third-order valence-electron chi connectivity index (χ3n) is 2.95. The minimum atomic E-state index is -0.857. The zero-order valence-corrected chi connectivity index (χ0v) is 12.4. The summed E-state index contributed by atoms with van der Waals surface area (Å²) < 4.78 is 27.3. The highest BCUT2D eigenvalue weighted by molar-refractivity contribution is 9.10. The van der Waals surface area contributed by atoms with Crippen LogP contribution in [0.25, 0.3) is 0 Å². The van der Waals surface area contributed by atoms with Crippen LogP contribution < -0.4 is 10.6 Å². The highest BCUT2D eigenvalue weighted by atomic mass is 79.9. The zero-order chi connectivity index (χ0) is 13.1. The van der Waals surface area contributed by atoms with Gasteiger partial charge in [-0.25, -0.2) is 8.78 Å². The van der Waals surface area contributed by atoms with E-state index in [0.29, 0.717) is 12.5 Å². The topological polar surface area (TPSA) is 41.1 Å². The van der Waals surface area contributed by atoms with E-state index in [1.54, 1.807) is 0 Å². The molecule has 19 heavy (non-hydrogen) atoms. The van der Waals surface area contributed by atoms with Crippen molar-refractivity contribution < 1.29 is 13.6 Å². The van der Waals surface area contributed by atoms with Crippen LogP contribution in [0.4, 0.5) is 8.78 Å². The predicted octanol–water partition coefficient (Wildman–Crippen LogP) is 2.49. The van der Waals surface area contributed by atoms with Crippen LogP contribution in [-0.2, 0) is 0 Å². The second-order valence-electron chi connectivity index (χ2n) is 4.31. The average Bonchev–Trinajstić information content (AvgIpc) is 2.77. The summed E-state index contributed by atoms with van der Waals surface area (Å²) in [4.78, 5) is 11.7. The van der Waals surface area contributed by atoms with Crippen LogP contribution in [0.15, 0.2) is 16.6 Å². The number of hydrogen-bond donors (Lipinski definition) is 2. The molecule has 1 aliphatic rings. The number of benzene rings is 1. The summed E-state index contributed by atoms with van der Waals surface area (Å²) in [5, 5.41) is 5.73. The van der Waals surface area contributed by atoms with Crippen molar-refractivity contribution in [1.29, 1.82) is 0 Å². The minimum absolute atomic E-state index is 0. The fourth-order valence-electron chi connectivity index (χ4n) is 1.97. The normalized spacial score (nSPS) is 17.9. The van der Waals surface area contributed by atoms with Crippen LogP contribution in [0.3, 0.4) is 0 Å². The Hall–Kier alpha value is -0.720. The van der Waals surface area contributed by atoms with Gasteiger partial charge in [0.2, 0.25) is 0 Å². The first-order chi connectivity index (χ1) is 8.58. The monoisotopic (exact) mass is 354 g/mol. The number of carbonyl (C=O) groups is 1. The van der Waals surface area contributed by atoms with Crippen molar-refractivity contribution in [1.82, 2.24) is 10.6 Å². The first-order valence-electron chi connectivity index (χ1n) is 5.71. The van der Waals surface area contributed by atoms with E-state index >= 15 is 0 Å². The molecule has 1 atom stereocenters. The van der Waals surface area contributed by atoms with Gasteiger partial charge in [-0.05, 0) is 37.6 Å². The lowest BCUT2D eigenvalue weighted by Crippen LogP contribution is -2.31. The Morgan fingerprint density at radius 3 is 2.58 bits per heavy atom. The molecule has 1 aliphatic heterocycles. The van der Waals surface area contributed by atoms with E-state index in [-0.39, 0.29) is 16.9 Å². The second-order valence-corrected chi connectivity index (χ2v) is 5.23. The maximum Gasteiger partial charge on any atom is 0.257 e. The molecule has 1 fully saturated rings. The number of amides is 1. The summed E-state index contributed by atoms with van der Waals surface area (Å²) in [5.41, 5.74) is -0.524. The summed E-state index contributed by atoms with van der Waals surface area (Å²) in [5.74, 6) is -2.09. The first-order valence-corrected chi connectivity index (χ1v) is 6.50. The molecule has 0 radical (unpaired) electrons. The van der Waals surface area contributed by atoms with Crippen LogP contribution in [0.1, 0.15) is 16.8 Å². The van der Waals surface area contributed by atoms with Crippen molar-refractivity contribution in [2.45, 2.75) is 6.42 Å². The lowest BCUT2D eigenvalue weighted by Gasteiger charge is -2.11. The molecule has 1 unspecified atom stereocenters. The van der Waals surface area contributed by atoms with E-state index in [1.807, 2.05) is 0 Å². The average molecular weight is 356 g/mol. The van der Waals surface area contributed by atoms with Crippen molar-refractivity contribution in [3.8, 4) is 0 Å². The molecule has 0 bridgehead atoms. The Bertz CT molecular complexity index is 444. The molecule has 1 saturated heterocycles. The Kier molecular flexibility index (Phi) is 6.16. The van der Waals surface area contributed by atoms with Gasteiger partial charge in [0.15, 0.2) is 0 Å². The Balaban J connectivity index is 0.00000180. The first kappa shape index (κ1) is 16.3. The molecule has 0 saturated carbocycles. The SMILES string of the molecule is Cl.O=C(NCC1CCNC1)c1c(F)cc(Br)cc1F. The Morgan fingerprint density at radius 1 is 1.42 bits per heavy atom. The van der Waals surface area contributed by atoms with Gasteiger partial charge in [0.1, 0.15) is 17.2 Å². The van der Waals surface area contributed by atoms with E-state index in [9.17, 15) is 13.6 Å². The summed E-state index contributed by atoms with van der Waals surface area (Å²) in [6, 6.07) is 2.16. The molecule has 106 valence electrons. The van der Waals surface area contributed by atoms with Gasteiger partial charge in [-0.15, -0.1) is 12.4 Å². The Labute approximate surface area is 124 Å². The van der Waals surface area contributed by atoms with Crippen LogP contribution >= 0.6 is 28.3 Å². The number of carbonyl (C=O) groups excluding carboxylic acids is 1. The van der Waals surface area contributed by atoms with E-state index < -0.39 is 23.1 Å². The maximum atomic E-state index is 13.5. The predicted molar refractivity (Wildman–Crippen MR) is 74.6 cm³/mol. The summed E-state index contributed by atoms with van der Waals surface area (Å²) in [6.45, 7) is 2.17. The van der Waals surface area contributed by atoms with E-state index in [1.165, 1.54) is 0 Å². The molecule has 7 heteroatoms. The summed E-state index contributed by atoms with van der Waals surface area (Å²) in [6.07, 6.45) is 0.964. The summed E-state index contributed by atoms with van der Waals surface area (Å²) >= 11 is 2.97. The van der Waals surface area contributed by atoms with Crippen LogP contribution in [0.5, 0.6) is 0 Å². The van der Waals surface area contributed by atoms with Gasteiger partial charge >= 0.3 is 0 Å². The standard InChI is InChI=1S/C12H13BrF2N2O.ClH/c13-8-3-9(14)11(10(15)4-8)12(18)17-6-7-1-2-16-5-7;/h3-4,7,16H,1-2,5-6H2,(H,17,18);1H. The molecular weight excluding hydrogens is 341 g/mol. The van der Waals surface area contributed by atoms with Gasteiger partial charge in [0, 0.05) is 11.0 Å². The number of halogens is 4. The quantitative estimate of drug-likeness (QED) is 0.875. The Morgan fingerprint density at radius 2 is 2.05 bits per heavy atom. The molecule has 1 amide bonds. The van der Waals surface area contributed by atoms with Gasteiger partial charge in [-0.2, -0.15) is 0 Å². The lowest BCUT2D eigenvalue weighted by molar-refractivity contribution is 0.0939. The maximum absolute atomic E-state index is 13.5. The van der Waals surface area contributed by atoms with Gasteiger partial charge in [0.05, 0.1) is 0 Å². The lowest BCUT2D eigenvalue weighted by atomic mass is 10.1. The molecule has 1 heterocycles. The van der Waals surface area contributed by atoms with E-state index in [4.69, 9.17) is 0 Å². The molecular formula is C12H14BrClF2N2O. The van der Waals surface area contributed by atoms with Gasteiger partial charge in [0.25, 0.3) is 5.91 Å². The minimum Gasteiger partial charge on any atom is -0.352 e. The largest absolute Gasteiger partial charge is 0.352 e. The molecule has 1 aromatic carbocycles. The second kappa shape index (κ2) is 7.17. The molecule has 0 spiro atoms. The fourth-order valence-corrected chi connectivity index (χ4v) is 2.38. The van der Waals surface area contributed by atoms with Crippen molar-refractivity contribution in [2.75, 3.05) is 19.6 Å². The van der Waals surface area contributed by atoms with Crippen molar-refractivity contribution in [3.05, 3.63) is 33.8 Å². The molecule has 1 aromatic rings.